The Morgan fingerprint density at radius 3 is 2.20 bits per heavy atom. The zero-order valence-electron chi connectivity index (χ0n) is 13.4. The SMILES string of the molecule is O=CN(CC(=O)c1ccc(-c2ccccc2)cc1)c1cccc(Cl)c1. The highest BCUT2D eigenvalue weighted by Gasteiger charge is 2.13. The molecule has 0 aromatic heterocycles. The van der Waals surface area contributed by atoms with E-state index in [0.717, 1.165) is 11.1 Å². The van der Waals surface area contributed by atoms with Gasteiger partial charge in [-0.1, -0.05) is 72.3 Å². The van der Waals surface area contributed by atoms with Crippen LogP contribution < -0.4 is 4.90 Å². The highest BCUT2D eigenvalue weighted by Crippen LogP contribution is 2.21. The molecule has 25 heavy (non-hydrogen) atoms. The van der Waals surface area contributed by atoms with Crippen molar-refractivity contribution in [3.8, 4) is 11.1 Å². The summed E-state index contributed by atoms with van der Waals surface area (Å²) in [6, 6.07) is 24.2. The summed E-state index contributed by atoms with van der Waals surface area (Å²) in [6.07, 6.45) is 0.641. The van der Waals surface area contributed by atoms with Crippen LogP contribution in [0.1, 0.15) is 10.4 Å². The molecule has 0 bridgehead atoms. The summed E-state index contributed by atoms with van der Waals surface area (Å²) in [4.78, 5) is 25.2. The first-order chi connectivity index (χ1) is 12.2. The van der Waals surface area contributed by atoms with Crippen molar-refractivity contribution in [2.24, 2.45) is 0 Å². The third kappa shape index (κ3) is 4.14. The molecule has 0 saturated carbocycles. The van der Waals surface area contributed by atoms with E-state index in [1.54, 1.807) is 36.4 Å². The number of Topliss-reactive ketones (excluding diaryl/α,β-unsaturated/α-hetero) is 1. The number of carbonyl (C=O) groups is 2. The van der Waals surface area contributed by atoms with E-state index in [1.807, 2.05) is 42.5 Å². The molecule has 0 saturated heterocycles. The van der Waals surface area contributed by atoms with Gasteiger partial charge in [0.2, 0.25) is 6.41 Å². The molecule has 0 spiro atoms. The molecule has 0 atom stereocenters. The summed E-state index contributed by atoms with van der Waals surface area (Å²) in [5.41, 5.74) is 3.29. The molecule has 3 rings (SSSR count). The van der Waals surface area contributed by atoms with Crippen LogP contribution in [0.5, 0.6) is 0 Å². The lowest BCUT2D eigenvalue weighted by Crippen LogP contribution is -2.28. The van der Waals surface area contributed by atoms with Crippen LogP contribution in [-0.4, -0.2) is 18.7 Å². The number of rotatable bonds is 6. The number of carbonyl (C=O) groups excluding carboxylic acids is 2. The van der Waals surface area contributed by atoms with Crippen molar-refractivity contribution in [1.82, 2.24) is 0 Å². The van der Waals surface area contributed by atoms with E-state index < -0.39 is 0 Å². The Balaban J connectivity index is 1.75. The maximum Gasteiger partial charge on any atom is 0.214 e. The van der Waals surface area contributed by atoms with Gasteiger partial charge in [-0.2, -0.15) is 0 Å². The molecule has 0 unspecified atom stereocenters. The molecule has 0 radical (unpaired) electrons. The average Bonchev–Trinajstić information content (AvgIpc) is 2.66. The summed E-state index contributed by atoms with van der Waals surface area (Å²) < 4.78 is 0. The monoisotopic (exact) mass is 349 g/mol. The first-order valence-electron chi connectivity index (χ1n) is 7.83. The van der Waals surface area contributed by atoms with Crippen molar-refractivity contribution in [2.45, 2.75) is 0 Å². The van der Waals surface area contributed by atoms with Gasteiger partial charge >= 0.3 is 0 Å². The van der Waals surface area contributed by atoms with Gasteiger partial charge in [0.25, 0.3) is 0 Å². The number of anilines is 1. The van der Waals surface area contributed by atoms with Gasteiger partial charge in [-0.3, -0.25) is 9.59 Å². The molecule has 1 amide bonds. The Morgan fingerprint density at radius 1 is 0.880 bits per heavy atom. The molecule has 3 nitrogen and oxygen atoms in total. The third-order valence-electron chi connectivity index (χ3n) is 3.90. The van der Waals surface area contributed by atoms with Gasteiger partial charge in [0.05, 0.1) is 6.54 Å². The van der Waals surface area contributed by atoms with Gasteiger partial charge < -0.3 is 4.90 Å². The van der Waals surface area contributed by atoms with Crippen LogP contribution in [0.15, 0.2) is 78.9 Å². The van der Waals surface area contributed by atoms with Crippen LogP contribution >= 0.6 is 11.6 Å². The number of ketones is 1. The zero-order valence-corrected chi connectivity index (χ0v) is 14.2. The van der Waals surface area contributed by atoms with Crippen LogP contribution in [0.4, 0.5) is 5.69 Å². The predicted octanol–water partition coefficient (Wildman–Crippen LogP) is 4.85. The normalized spacial score (nSPS) is 10.3. The third-order valence-corrected chi connectivity index (χ3v) is 4.13. The van der Waals surface area contributed by atoms with Crippen LogP contribution in [0, 0.1) is 0 Å². The van der Waals surface area contributed by atoms with Crippen molar-refractivity contribution in [1.29, 1.82) is 0 Å². The van der Waals surface area contributed by atoms with Crippen molar-refractivity contribution >= 4 is 29.5 Å². The number of halogens is 1. The average molecular weight is 350 g/mol. The van der Waals surface area contributed by atoms with Gasteiger partial charge in [0.15, 0.2) is 5.78 Å². The zero-order chi connectivity index (χ0) is 17.6. The van der Waals surface area contributed by atoms with Crippen LogP contribution in [0.3, 0.4) is 0 Å². The molecule has 3 aromatic carbocycles. The van der Waals surface area contributed by atoms with Crippen molar-refractivity contribution in [3.63, 3.8) is 0 Å². The summed E-state index contributed by atoms with van der Waals surface area (Å²) in [6.45, 7) is -0.0332. The number of hydrogen-bond acceptors (Lipinski definition) is 2. The Hall–Kier alpha value is -2.91. The van der Waals surface area contributed by atoms with Crippen LogP contribution in [0.2, 0.25) is 5.02 Å². The van der Waals surface area contributed by atoms with Crippen LogP contribution in [0.25, 0.3) is 11.1 Å². The lowest BCUT2D eigenvalue weighted by Gasteiger charge is -2.17. The minimum Gasteiger partial charge on any atom is -0.307 e. The lowest BCUT2D eigenvalue weighted by molar-refractivity contribution is -0.107. The number of amides is 1. The number of hydrogen-bond donors (Lipinski definition) is 0. The fraction of sp³-hybridized carbons (Fsp3) is 0.0476. The molecule has 124 valence electrons. The minimum atomic E-state index is -0.133. The quantitative estimate of drug-likeness (QED) is 0.471. The van der Waals surface area contributed by atoms with E-state index in [0.29, 0.717) is 22.7 Å². The van der Waals surface area contributed by atoms with Gasteiger partial charge in [-0.05, 0) is 29.3 Å². The fourth-order valence-electron chi connectivity index (χ4n) is 2.57. The molecule has 0 aliphatic heterocycles. The largest absolute Gasteiger partial charge is 0.307 e. The van der Waals surface area contributed by atoms with E-state index in [-0.39, 0.29) is 12.3 Å². The lowest BCUT2D eigenvalue weighted by atomic mass is 10.0. The summed E-state index contributed by atoms with van der Waals surface area (Å²) in [5, 5.41) is 0.518. The Morgan fingerprint density at radius 2 is 1.56 bits per heavy atom. The van der Waals surface area contributed by atoms with Crippen molar-refractivity contribution in [3.05, 3.63) is 89.4 Å². The molecule has 0 N–H and O–H groups in total. The minimum absolute atomic E-state index is 0.0332. The molecule has 0 fully saturated rings. The summed E-state index contributed by atoms with van der Waals surface area (Å²) in [5.74, 6) is -0.133. The van der Waals surface area contributed by atoms with E-state index >= 15 is 0 Å². The standard InChI is InChI=1S/C21H16ClNO2/c22-19-7-4-8-20(13-19)23(15-24)14-21(25)18-11-9-17(10-12-18)16-5-2-1-3-6-16/h1-13,15H,14H2. The topological polar surface area (TPSA) is 37.4 Å². The van der Waals surface area contributed by atoms with Crippen molar-refractivity contribution in [2.75, 3.05) is 11.4 Å². The highest BCUT2D eigenvalue weighted by atomic mass is 35.5. The van der Waals surface area contributed by atoms with Gasteiger partial charge in [0, 0.05) is 16.3 Å². The Bertz CT molecular complexity index is 876. The van der Waals surface area contributed by atoms with Gasteiger partial charge in [-0.15, -0.1) is 0 Å². The Kier molecular flexibility index (Phi) is 5.26. The van der Waals surface area contributed by atoms with Crippen LogP contribution in [-0.2, 0) is 4.79 Å². The van der Waals surface area contributed by atoms with E-state index in [2.05, 4.69) is 0 Å². The van der Waals surface area contributed by atoms with Crippen molar-refractivity contribution < 1.29 is 9.59 Å². The molecule has 0 aliphatic carbocycles. The smallest absolute Gasteiger partial charge is 0.214 e. The van der Waals surface area contributed by atoms with Gasteiger partial charge in [0.1, 0.15) is 0 Å². The van der Waals surface area contributed by atoms with E-state index in [1.165, 1.54) is 4.90 Å². The molecule has 4 heteroatoms. The summed E-state index contributed by atoms with van der Waals surface area (Å²) >= 11 is 5.95. The molecule has 0 heterocycles. The number of benzene rings is 3. The fourth-order valence-corrected chi connectivity index (χ4v) is 2.75. The second-order valence-corrected chi connectivity index (χ2v) is 6.02. The highest BCUT2D eigenvalue weighted by molar-refractivity contribution is 6.30. The Labute approximate surface area is 151 Å². The predicted molar refractivity (Wildman–Crippen MR) is 101 cm³/mol. The first kappa shape index (κ1) is 16.9. The van der Waals surface area contributed by atoms with E-state index in [4.69, 9.17) is 11.6 Å². The van der Waals surface area contributed by atoms with Gasteiger partial charge in [-0.25, -0.2) is 0 Å². The molecule has 3 aromatic rings. The summed E-state index contributed by atoms with van der Waals surface area (Å²) in [7, 11) is 0. The second-order valence-electron chi connectivity index (χ2n) is 5.58. The number of nitrogens with zero attached hydrogens (tertiary/aromatic N) is 1. The maximum atomic E-state index is 12.5. The van der Waals surface area contributed by atoms with E-state index in [9.17, 15) is 9.59 Å². The molecular formula is C21H16ClNO2. The second kappa shape index (κ2) is 7.77. The molecule has 0 aliphatic rings. The first-order valence-corrected chi connectivity index (χ1v) is 8.21. The maximum absolute atomic E-state index is 12.5. The molecular weight excluding hydrogens is 334 g/mol.